The topological polar surface area (TPSA) is 71.5 Å². The molecule has 0 saturated carbocycles. The molecule has 2 rings (SSSR count). The third kappa shape index (κ3) is 3.25. The number of nitrogens with one attached hydrogen (secondary N) is 1. The number of rotatable bonds is 5. The molecule has 6 heteroatoms. The number of methoxy groups -OCH3 is 1. The van der Waals surface area contributed by atoms with Crippen LogP contribution < -0.4 is 10.1 Å². The van der Waals surface area contributed by atoms with Crippen molar-refractivity contribution in [3.05, 3.63) is 35.0 Å². The number of pyridine rings is 1. The number of carboxylic acid groups (broad SMARTS) is 1. The third-order valence-corrected chi connectivity index (χ3v) is 3.70. The smallest absolute Gasteiger partial charge is 0.323 e. The second kappa shape index (κ2) is 5.87. The van der Waals surface area contributed by atoms with E-state index in [1.54, 1.807) is 27.2 Å². The summed E-state index contributed by atoms with van der Waals surface area (Å²) in [4.78, 5) is 15.4. The molecular weight excluding hydrogens is 292 g/mol. The molecule has 0 aliphatic heterocycles. The highest BCUT2D eigenvalue weighted by atomic mass is 35.5. The summed E-state index contributed by atoms with van der Waals surface area (Å²) < 4.78 is 5.22. The normalized spacial score (nSPS) is 11.6. The van der Waals surface area contributed by atoms with E-state index in [2.05, 4.69) is 10.3 Å². The number of aromatic nitrogens is 1. The Balaban J connectivity index is 2.42. The standard InChI is InChI=1S/C15H17ClN2O3/c1-15(2,14(19)20)18-7-11-10-6-9(21-3)4-5-13(10)17-8-12(11)16/h4-6,8,18H,7H2,1-3H3,(H,19,20). The Morgan fingerprint density at radius 2 is 2.19 bits per heavy atom. The van der Waals surface area contributed by atoms with E-state index in [1.807, 2.05) is 18.2 Å². The van der Waals surface area contributed by atoms with Crippen LogP contribution in [0.3, 0.4) is 0 Å². The van der Waals surface area contributed by atoms with Crippen LogP contribution in [0.2, 0.25) is 5.02 Å². The number of carboxylic acids is 1. The zero-order valence-electron chi connectivity index (χ0n) is 12.1. The molecule has 0 atom stereocenters. The number of benzene rings is 1. The summed E-state index contributed by atoms with van der Waals surface area (Å²) in [6.45, 7) is 3.53. The molecule has 21 heavy (non-hydrogen) atoms. The number of halogens is 1. The van der Waals surface area contributed by atoms with E-state index in [0.29, 0.717) is 17.3 Å². The van der Waals surface area contributed by atoms with Gasteiger partial charge in [-0.1, -0.05) is 11.6 Å². The Morgan fingerprint density at radius 1 is 1.48 bits per heavy atom. The second-order valence-electron chi connectivity index (χ2n) is 5.25. The van der Waals surface area contributed by atoms with Gasteiger partial charge in [0.2, 0.25) is 0 Å². The molecule has 0 bridgehead atoms. The fourth-order valence-electron chi connectivity index (χ4n) is 1.89. The maximum atomic E-state index is 11.2. The first-order valence-corrected chi connectivity index (χ1v) is 6.82. The number of ether oxygens (including phenoxy) is 1. The Morgan fingerprint density at radius 3 is 2.81 bits per heavy atom. The maximum Gasteiger partial charge on any atom is 0.323 e. The van der Waals surface area contributed by atoms with Gasteiger partial charge < -0.3 is 9.84 Å². The Hall–Kier alpha value is -1.85. The van der Waals surface area contributed by atoms with Gasteiger partial charge in [0, 0.05) is 18.1 Å². The molecule has 0 unspecified atom stereocenters. The molecule has 2 N–H and O–H groups in total. The van der Waals surface area contributed by atoms with Crippen LogP contribution in [0, 0.1) is 0 Å². The van der Waals surface area contributed by atoms with Crippen LogP contribution in [0.25, 0.3) is 10.9 Å². The summed E-state index contributed by atoms with van der Waals surface area (Å²) in [5.74, 6) is -0.222. The average Bonchev–Trinajstić information content (AvgIpc) is 2.45. The van der Waals surface area contributed by atoms with Crippen LogP contribution in [-0.4, -0.2) is 28.7 Å². The molecule has 0 radical (unpaired) electrons. The zero-order chi connectivity index (χ0) is 15.6. The van der Waals surface area contributed by atoms with Crippen molar-refractivity contribution in [2.45, 2.75) is 25.9 Å². The van der Waals surface area contributed by atoms with Crippen molar-refractivity contribution >= 4 is 28.5 Å². The van der Waals surface area contributed by atoms with E-state index in [4.69, 9.17) is 21.4 Å². The maximum absolute atomic E-state index is 11.2. The Bertz CT molecular complexity index is 686. The van der Waals surface area contributed by atoms with Crippen molar-refractivity contribution in [3.8, 4) is 5.75 Å². The van der Waals surface area contributed by atoms with E-state index in [0.717, 1.165) is 16.5 Å². The highest BCUT2D eigenvalue weighted by molar-refractivity contribution is 6.32. The third-order valence-electron chi connectivity index (χ3n) is 3.38. The summed E-state index contributed by atoms with van der Waals surface area (Å²) >= 11 is 6.22. The minimum absolute atomic E-state index is 0.324. The van der Waals surface area contributed by atoms with E-state index in [-0.39, 0.29) is 0 Å². The van der Waals surface area contributed by atoms with Crippen LogP contribution in [0.4, 0.5) is 0 Å². The van der Waals surface area contributed by atoms with Crippen LogP contribution in [0.1, 0.15) is 19.4 Å². The molecule has 1 aromatic heterocycles. The first kappa shape index (κ1) is 15.5. The van der Waals surface area contributed by atoms with Gasteiger partial charge in [-0.05, 0) is 37.6 Å². The van der Waals surface area contributed by atoms with Gasteiger partial charge in [0.25, 0.3) is 0 Å². The highest BCUT2D eigenvalue weighted by Crippen LogP contribution is 2.28. The van der Waals surface area contributed by atoms with Gasteiger partial charge in [-0.15, -0.1) is 0 Å². The van der Waals surface area contributed by atoms with E-state index < -0.39 is 11.5 Å². The predicted octanol–water partition coefficient (Wildman–Crippen LogP) is 2.85. The van der Waals surface area contributed by atoms with Crippen molar-refractivity contribution in [1.29, 1.82) is 0 Å². The van der Waals surface area contributed by atoms with E-state index in [1.165, 1.54) is 0 Å². The van der Waals surface area contributed by atoms with Crippen LogP contribution in [-0.2, 0) is 11.3 Å². The van der Waals surface area contributed by atoms with Gasteiger partial charge in [-0.2, -0.15) is 0 Å². The van der Waals surface area contributed by atoms with Crippen LogP contribution in [0.5, 0.6) is 5.75 Å². The fraction of sp³-hybridized carbons (Fsp3) is 0.333. The average molecular weight is 309 g/mol. The predicted molar refractivity (Wildman–Crippen MR) is 81.9 cm³/mol. The minimum atomic E-state index is -1.04. The fourth-order valence-corrected chi connectivity index (χ4v) is 2.11. The lowest BCUT2D eigenvalue weighted by Crippen LogP contribution is -2.46. The molecule has 0 amide bonds. The quantitative estimate of drug-likeness (QED) is 0.888. The number of aliphatic carboxylic acids is 1. The molecule has 1 aromatic carbocycles. The molecular formula is C15H17ClN2O3. The van der Waals surface area contributed by atoms with Crippen molar-refractivity contribution in [1.82, 2.24) is 10.3 Å². The first-order valence-electron chi connectivity index (χ1n) is 6.44. The molecule has 0 saturated heterocycles. The summed E-state index contributed by atoms with van der Waals surface area (Å²) in [5, 5.41) is 13.5. The Labute approximate surface area is 127 Å². The molecule has 0 aliphatic rings. The lowest BCUT2D eigenvalue weighted by atomic mass is 10.0. The number of fused-ring (bicyclic) bond motifs is 1. The van der Waals surface area contributed by atoms with Crippen LogP contribution in [0.15, 0.2) is 24.4 Å². The lowest BCUT2D eigenvalue weighted by Gasteiger charge is -2.22. The highest BCUT2D eigenvalue weighted by Gasteiger charge is 2.26. The monoisotopic (exact) mass is 308 g/mol. The number of hydrogen-bond acceptors (Lipinski definition) is 4. The van der Waals surface area contributed by atoms with Crippen molar-refractivity contribution < 1.29 is 14.6 Å². The van der Waals surface area contributed by atoms with Crippen molar-refractivity contribution in [2.24, 2.45) is 0 Å². The largest absolute Gasteiger partial charge is 0.497 e. The molecule has 5 nitrogen and oxygen atoms in total. The van der Waals surface area contributed by atoms with Gasteiger partial charge in [-0.25, -0.2) is 0 Å². The molecule has 0 aliphatic carbocycles. The van der Waals surface area contributed by atoms with Gasteiger partial charge in [-0.3, -0.25) is 15.1 Å². The van der Waals surface area contributed by atoms with Gasteiger partial charge in [0.15, 0.2) is 0 Å². The van der Waals surface area contributed by atoms with Gasteiger partial charge in [0.1, 0.15) is 11.3 Å². The van der Waals surface area contributed by atoms with Gasteiger partial charge >= 0.3 is 5.97 Å². The zero-order valence-corrected chi connectivity index (χ0v) is 12.9. The summed E-state index contributed by atoms with van der Waals surface area (Å²) in [6.07, 6.45) is 1.57. The second-order valence-corrected chi connectivity index (χ2v) is 5.66. The molecule has 112 valence electrons. The number of carbonyl (C=O) groups is 1. The van der Waals surface area contributed by atoms with Crippen molar-refractivity contribution in [2.75, 3.05) is 7.11 Å². The lowest BCUT2D eigenvalue weighted by molar-refractivity contribution is -0.143. The van der Waals surface area contributed by atoms with Crippen LogP contribution >= 0.6 is 11.6 Å². The molecule has 2 aromatic rings. The SMILES string of the molecule is COc1ccc2ncc(Cl)c(CNC(C)(C)C(=O)O)c2c1. The van der Waals surface area contributed by atoms with Gasteiger partial charge in [0.05, 0.1) is 17.6 Å². The van der Waals surface area contributed by atoms with E-state index in [9.17, 15) is 4.79 Å². The Kier molecular flexibility index (Phi) is 4.34. The number of nitrogens with zero attached hydrogens (tertiary/aromatic N) is 1. The molecule has 1 heterocycles. The summed E-state index contributed by atoms with van der Waals surface area (Å²) in [6, 6.07) is 5.51. The van der Waals surface area contributed by atoms with Crippen molar-refractivity contribution in [3.63, 3.8) is 0 Å². The minimum Gasteiger partial charge on any atom is -0.497 e. The summed E-state index contributed by atoms with van der Waals surface area (Å²) in [5.41, 5.74) is 0.539. The number of hydrogen-bond donors (Lipinski definition) is 2. The molecule has 0 spiro atoms. The summed E-state index contributed by atoms with van der Waals surface area (Å²) in [7, 11) is 1.59. The van der Waals surface area contributed by atoms with E-state index >= 15 is 0 Å². The first-order chi connectivity index (χ1) is 9.85. The molecule has 0 fully saturated rings.